The van der Waals surface area contributed by atoms with Gasteiger partial charge in [0.1, 0.15) is 18.5 Å². The number of carbonyl (C=O) groups excluding carboxylic acids is 1. The molecule has 0 spiro atoms. The number of nitrogen functional groups attached to an aromatic ring is 1. The molecule has 0 unspecified atom stereocenters. The van der Waals surface area contributed by atoms with Gasteiger partial charge in [-0.25, -0.2) is 9.78 Å². The number of methoxy groups -OCH3 is 1. The van der Waals surface area contributed by atoms with E-state index in [0.717, 1.165) is 0 Å². The lowest BCUT2D eigenvalue weighted by molar-refractivity contribution is 0.0602. The largest absolute Gasteiger partial charge is 0.465 e. The number of aryl methyl sites for hydroxylation is 1. The number of nitriles is 2. The summed E-state index contributed by atoms with van der Waals surface area (Å²) in [6.07, 6.45) is 1.35. The van der Waals surface area contributed by atoms with Crippen molar-refractivity contribution in [2.75, 3.05) is 12.8 Å². The number of hydrogen-bond donors (Lipinski definition) is 1. The van der Waals surface area contributed by atoms with Crippen LogP contribution < -0.4 is 5.73 Å². The molecule has 0 aliphatic heterocycles. The average Bonchev–Trinajstić information content (AvgIpc) is 2.91. The number of benzene rings is 1. The number of imidazole rings is 1. The van der Waals surface area contributed by atoms with Gasteiger partial charge in [-0.2, -0.15) is 10.5 Å². The Morgan fingerprint density at radius 2 is 2.10 bits per heavy atom. The predicted octanol–water partition coefficient (Wildman–Crippen LogP) is 1.29. The maximum atomic E-state index is 11.7. The van der Waals surface area contributed by atoms with E-state index in [4.69, 9.17) is 16.3 Å². The molecule has 0 aliphatic carbocycles. The summed E-state index contributed by atoms with van der Waals surface area (Å²) in [5.41, 5.74) is 7.65. The quantitative estimate of drug-likeness (QED) is 0.654. The molecule has 0 aliphatic rings. The average molecular weight is 281 g/mol. The number of nitrogens with zero attached hydrogens (tertiary/aromatic N) is 4. The van der Waals surface area contributed by atoms with Gasteiger partial charge in [-0.15, -0.1) is 0 Å². The lowest BCUT2D eigenvalue weighted by atomic mass is 10.1. The van der Waals surface area contributed by atoms with E-state index in [2.05, 4.69) is 9.72 Å². The molecule has 0 fully saturated rings. The van der Waals surface area contributed by atoms with Gasteiger partial charge in [0.25, 0.3) is 0 Å². The fourth-order valence-corrected chi connectivity index (χ4v) is 1.93. The van der Waals surface area contributed by atoms with Crippen molar-refractivity contribution in [3.63, 3.8) is 0 Å². The standard InChI is InChI=1S/C14H11N5O2/c1-8-3-9(4-10(13(8)17)14(20)21-2)19-7-18-11(5-15)12(19)6-16/h3-4,7H,17H2,1-2H3. The maximum Gasteiger partial charge on any atom is 0.340 e. The Kier molecular flexibility index (Phi) is 3.59. The van der Waals surface area contributed by atoms with E-state index >= 15 is 0 Å². The van der Waals surface area contributed by atoms with Crippen LogP contribution in [0.2, 0.25) is 0 Å². The molecule has 0 bridgehead atoms. The highest BCUT2D eigenvalue weighted by molar-refractivity contribution is 5.96. The second kappa shape index (κ2) is 5.35. The van der Waals surface area contributed by atoms with Crippen molar-refractivity contribution in [2.45, 2.75) is 6.92 Å². The lowest BCUT2D eigenvalue weighted by Gasteiger charge is -2.11. The molecule has 2 aromatic rings. The van der Waals surface area contributed by atoms with Crippen LogP contribution >= 0.6 is 0 Å². The third-order valence-electron chi connectivity index (χ3n) is 3.03. The first-order valence-electron chi connectivity index (χ1n) is 5.89. The summed E-state index contributed by atoms with van der Waals surface area (Å²) in [4.78, 5) is 15.6. The number of carbonyl (C=O) groups is 1. The van der Waals surface area contributed by atoms with Crippen LogP contribution in [0.5, 0.6) is 0 Å². The number of ether oxygens (including phenoxy) is 1. The Hall–Kier alpha value is -3.32. The van der Waals surface area contributed by atoms with Crippen molar-refractivity contribution in [2.24, 2.45) is 0 Å². The molecule has 7 heteroatoms. The first-order valence-corrected chi connectivity index (χ1v) is 5.89. The number of hydrogen-bond acceptors (Lipinski definition) is 6. The summed E-state index contributed by atoms with van der Waals surface area (Å²) in [7, 11) is 1.26. The Morgan fingerprint density at radius 3 is 2.67 bits per heavy atom. The minimum Gasteiger partial charge on any atom is -0.465 e. The highest BCUT2D eigenvalue weighted by Crippen LogP contribution is 2.24. The molecule has 0 radical (unpaired) electrons. The van der Waals surface area contributed by atoms with Crippen molar-refractivity contribution < 1.29 is 9.53 Å². The molecule has 104 valence electrons. The predicted molar refractivity (Wildman–Crippen MR) is 73.5 cm³/mol. The van der Waals surface area contributed by atoms with E-state index in [1.165, 1.54) is 24.1 Å². The van der Waals surface area contributed by atoms with Gasteiger partial charge in [0.05, 0.1) is 12.7 Å². The van der Waals surface area contributed by atoms with Gasteiger partial charge >= 0.3 is 5.97 Å². The lowest BCUT2D eigenvalue weighted by Crippen LogP contribution is -2.09. The van der Waals surface area contributed by atoms with E-state index in [0.29, 0.717) is 16.9 Å². The van der Waals surface area contributed by atoms with Gasteiger partial charge < -0.3 is 10.5 Å². The van der Waals surface area contributed by atoms with E-state index in [9.17, 15) is 4.79 Å². The van der Waals surface area contributed by atoms with E-state index in [1.54, 1.807) is 13.0 Å². The summed E-state index contributed by atoms with van der Waals surface area (Å²) in [6.45, 7) is 1.74. The Balaban J connectivity index is 2.70. The smallest absolute Gasteiger partial charge is 0.340 e. The number of aromatic nitrogens is 2. The maximum absolute atomic E-state index is 11.7. The van der Waals surface area contributed by atoms with Gasteiger partial charge in [0.15, 0.2) is 11.4 Å². The number of anilines is 1. The van der Waals surface area contributed by atoms with Crippen molar-refractivity contribution in [3.8, 4) is 17.8 Å². The number of rotatable bonds is 2. The zero-order valence-electron chi connectivity index (χ0n) is 11.4. The molecule has 1 aromatic heterocycles. The minimum atomic E-state index is -0.573. The number of esters is 1. The van der Waals surface area contributed by atoms with Crippen LogP contribution in [0.1, 0.15) is 27.3 Å². The zero-order chi connectivity index (χ0) is 15.6. The van der Waals surface area contributed by atoms with Crippen molar-refractivity contribution in [1.82, 2.24) is 9.55 Å². The van der Waals surface area contributed by atoms with E-state index in [1.807, 2.05) is 12.1 Å². The molecule has 0 saturated carbocycles. The van der Waals surface area contributed by atoms with Crippen molar-refractivity contribution in [1.29, 1.82) is 10.5 Å². The summed E-state index contributed by atoms with van der Waals surface area (Å²) < 4.78 is 6.11. The molecule has 0 saturated heterocycles. The Labute approximate surface area is 120 Å². The highest BCUT2D eigenvalue weighted by atomic mass is 16.5. The second-order valence-corrected chi connectivity index (χ2v) is 4.25. The molecular formula is C14H11N5O2. The van der Waals surface area contributed by atoms with Crippen LogP contribution in [0.15, 0.2) is 18.5 Å². The number of nitrogens with two attached hydrogens (primary N) is 1. The van der Waals surface area contributed by atoms with Crippen LogP contribution in [-0.2, 0) is 4.74 Å². The highest BCUT2D eigenvalue weighted by Gasteiger charge is 2.17. The fraction of sp³-hybridized carbons (Fsp3) is 0.143. The molecule has 21 heavy (non-hydrogen) atoms. The van der Waals surface area contributed by atoms with Gasteiger partial charge in [-0.3, -0.25) is 4.57 Å². The molecule has 0 amide bonds. The van der Waals surface area contributed by atoms with Gasteiger partial charge in [0.2, 0.25) is 0 Å². The SMILES string of the molecule is COC(=O)c1cc(-n2cnc(C#N)c2C#N)cc(C)c1N. The van der Waals surface area contributed by atoms with Crippen molar-refractivity contribution in [3.05, 3.63) is 41.0 Å². The third-order valence-corrected chi connectivity index (χ3v) is 3.03. The van der Waals surface area contributed by atoms with Gasteiger partial charge in [-0.1, -0.05) is 0 Å². The second-order valence-electron chi connectivity index (χ2n) is 4.25. The zero-order valence-corrected chi connectivity index (χ0v) is 11.4. The van der Waals surface area contributed by atoms with E-state index < -0.39 is 5.97 Å². The topological polar surface area (TPSA) is 118 Å². The van der Waals surface area contributed by atoms with Gasteiger partial charge in [-0.05, 0) is 24.6 Å². The van der Waals surface area contributed by atoms with Crippen LogP contribution in [-0.4, -0.2) is 22.6 Å². The summed E-state index contributed by atoms with van der Waals surface area (Å²) in [5, 5.41) is 18.1. The molecule has 1 aromatic carbocycles. The molecular weight excluding hydrogens is 270 g/mol. The summed E-state index contributed by atoms with van der Waals surface area (Å²) in [5.74, 6) is -0.573. The molecule has 7 nitrogen and oxygen atoms in total. The summed E-state index contributed by atoms with van der Waals surface area (Å²) in [6, 6.07) is 6.96. The monoisotopic (exact) mass is 281 g/mol. The fourth-order valence-electron chi connectivity index (χ4n) is 1.93. The molecule has 2 N–H and O–H groups in total. The molecule has 0 atom stereocenters. The first-order chi connectivity index (χ1) is 10.0. The molecule has 1 heterocycles. The molecule has 2 rings (SSSR count). The van der Waals surface area contributed by atoms with Crippen LogP contribution in [0.25, 0.3) is 5.69 Å². The van der Waals surface area contributed by atoms with E-state index in [-0.39, 0.29) is 17.0 Å². The first kappa shape index (κ1) is 14.1. The third kappa shape index (κ3) is 2.28. The van der Waals surface area contributed by atoms with Crippen LogP contribution in [0, 0.1) is 29.6 Å². The Bertz CT molecular complexity index is 808. The Morgan fingerprint density at radius 1 is 1.38 bits per heavy atom. The normalized spacial score (nSPS) is 9.71. The van der Waals surface area contributed by atoms with Crippen LogP contribution in [0.3, 0.4) is 0 Å². The van der Waals surface area contributed by atoms with Crippen molar-refractivity contribution >= 4 is 11.7 Å². The minimum absolute atomic E-state index is 0.0200. The summed E-state index contributed by atoms with van der Waals surface area (Å²) >= 11 is 0. The van der Waals surface area contributed by atoms with Gasteiger partial charge in [0, 0.05) is 11.4 Å². The van der Waals surface area contributed by atoms with Crippen LogP contribution in [0.4, 0.5) is 5.69 Å².